The van der Waals surface area contributed by atoms with Crippen molar-refractivity contribution in [1.29, 1.82) is 0 Å². The zero-order valence-electron chi connectivity index (χ0n) is 15.6. The summed E-state index contributed by atoms with van der Waals surface area (Å²) >= 11 is 0. The largest absolute Gasteiger partial charge is 0.444 e. The molecule has 136 valence electrons. The zero-order chi connectivity index (χ0) is 17.3. The molecule has 5 nitrogen and oxygen atoms in total. The Bertz CT molecular complexity index is 332. The summed E-state index contributed by atoms with van der Waals surface area (Å²) in [5, 5.41) is 6.36. The normalized spacial score (nSPS) is 22.2. The van der Waals surface area contributed by atoms with Gasteiger partial charge in [-0.3, -0.25) is 0 Å². The molecule has 2 N–H and O–H groups in total. The van der Waals surface area contributed by atoms with E-state index in [-0.39, 0.29) is 12.1 Å². The maximum absolute atomic E-state index is 11.8. The molecule has 5 heteroatoms. The summed E-state index contributed by atoms with van der Waals surface area (Å²) in [6.07, 6.45) is 3.95. The molecule has 1 saturated carbocycles. The predicted octanol–water partition coefficient (Wildman–Crippen LogP) is 3.33. The number of carbonyl (C=O) groups excluding carboxylic acids is 1. The molecule has 0 radical (unpaired) electrons. The molecule has 0 spiro atoms. The third-order valence-electron chi connectivity index (χ3n) is 3.90. The maximum Gasteiger partial charge on any atom is 0.407 e. The van der Waals surface area contributed by atoms with Gasteiger partial charge >= 0.3 is 6.09 Å². The number of ether oxygens (including phenoxy) is 2. The van der Waals surface area contributed by atoms with Crippen molar-refractivity contribution < 1.29 is 14.3 Å². The Morgan fingerprint density at radius 3 is 2.39 bits per heavy atom. The van der Waals surface area contributed by atoms with Gasteiger partial charge in [-0.05, 0) is 64.8 Å². The van der Waals surface area contributed by atoms with Gasteiger partial charge in [0, 0.05) is 19.2 Å². The first-order valence-corrected chi connectivity index (χ1v) is 9.04. The SMILES string of the molecule is CC(C)CNCCOCC1CCC(NC(=O)OC(C)(C)C)CC1. The molecular weight excluding hydrogens is 292 g/mol. The molecular formula is C18H36N2O3. The fourth-order valence-electron chi connectivity index (χ4n) is 2.73. The van der Waals surface area contributed by atoms with E-state index >= 15 is 0 Å². The molecule has 0 aliphatic heterocycles. The summed E-state index contributed by atoms with van der Waals surface area (Å²) in [7, 11) is 0. The van der Waals surface area contributed by atoms with E-state index in [0.717, 1.165) is 52.0 Å². The lowest BCUT2D eigenvalue weighted by Gasteiger charge is -2.30. The number of amides is 1. The summed E-state index contributed by atoms with van der Waals surface area (Å²) < 4.78 is 11.1. The summed E-state index contributed by atoms with van der Waals surface area (Å²) in [4.78, 5) is 11.8. The van der Waals surface area contributed by atoms with Crippen LogP contribution in [0.1, 0.15) is 60.3 Å². The molecule has 0 atom stereocenters. The fraction of sp³-hybridized carbons (Fsp3) is 0.944. The molecule has 1 fully saturated rings. The van der Waals surface area contributed by atoms with Crippen LogP contribution in [0, 0.1) is 11.8 Å². The van der Waals surface area contributed by atoms with Crippen molar-refractivity contribution in [3.05, 3.63) is 0 Å². The molecule has 1 aliphatic rings. The minimum Gasteiger partial charge on any atom is -0.444 e. The number of hydrogen-bond donors (Lipinski definition) is 2. The number of alkyl carbamates (subject to hydrolysis) is 1. The van der Waals surface area contributed by atoms with Gasteiger partial charge < -0.3 is 20.1 Å². The Morgan fingerprint density at radius 2 is 1.83 bits per heavy atom. The number of rotatable bonds is 8. The van der Waals surface area contributed by atoms with E-state index in [1.165, 1.54) is 0 Å². The second-order valence-corrected chi connectivity index (χ2v) is 8.04. The Kier molecular flexibility index (Phi) is 8.92. The van der Waals surface area contributed by atoms with E-state index in [9.17, 15) is 4.79 Å². The number of hydrogen-bond acceptors (Lipinski definition) is 4. The van der Waals surface area contributed by atoms with Crippen molar-refractivity contribution in [1.82, 2.24) is 10.6 Å². The van der Waals surface area contributed by atoms with Gasteiger partial charge in [0.05, 0.1) is 6.61 Å². The lowest BCUT2D eigenvalue weighted by atomic mass is 9.86. The topological polar surface area (TPSA) is 59.6 Å². The average Bonchev–Trinajstić information content (AvgIpc) is 2.42. The highest BCUT2D eigenvalue weighted by Gasteiger charge is 2.24. The Morgan fingerprint density at radius 1 is 1.17 bits per heavy atom. The van der Waals surface area contributed by atoms with Crippen LogP contribution in [0.3, 0.4) is 0 Å². The monoisotopic (exact) mass is 328 g/mol. The molecule has 0 bridgehead atoms. The molecule has 0 aromatic carbocycles. The quantitative estimate of drug-likeness (QED) is 0.671. The average molecular weight is 328 g/mol. The van der Waals surface area contributed by atoms with Crippen LogP contribution < -0.4 is 10.6 Å². The fourth-order valence-corrected chi connectivity index (χ4v) is 2.73. The third kappa shape index (κ3) is 10.6. The van der Waals surface area contributed by atoms with E-state index < -0.39 is 5.60 Å². The zero-order valence-corrected chi connectivity index (χ0v) is 15.6. The van der Waals surface area contributed by atoms with Crippen molar-refractivity contribution in [2.24, 2.45) is 11.8 Å². The molecule has 0 saturated heterocycles. The van der Waals surface area contributed by atoms with E-state index in [1.54, 1.807) is 0 Å². The van der Waals surface area contributed by atoms with Crippen LogP contribution >= 0.6 is 0 Å². The van der Waals surface area contributed by atoms with Crippen LogP contribution in [0.2, 0.25) is 0 Å². The smallest absolute Gasteiger partial charge is 0.407 e. The van der Waals surface area contributed by atoms with Crippen LogP contribution in [0.15, 0.2) is 0 Å². The van der Waals surface area contributed by atoms with Crippen LogP contribution in [-0.4, -0.2) is 44.0 Å². The van der Waals surface area contributed by atoms with Crippen molar-refractivity contribution in [2.75, 3.05) is 26.3 Å². The first kappa shape index (κ1) is 20.2. The molecule has 1 rings (SSSR count). The summed E-state index contributed by atoms with van der Waals surface area (Å²) in [6.45, 7) is 13.7. The summed E-state index contributed by atoms with van der Waals surface area (Å²) in [5.74, 6) is 1.31. The van der Waals surface area contributed by atoms with Gasteiger partial charge in [0.15, 0.2) is 0 Å². The highest BCUT2D eigenvalue weighted by atomic mass is 16.6. The van der Waals surface area contributed by atoms with Crippen molar-refractivity contribution in [2.45, 2.75) is 71.9 Å². The highest BCUT2D eigenvalue weighted by Crippen LogP contribution is 2.24. The second kappa shape index (κ2) is 10.1. The first-order chi connectivity index (χ1) is 10.8. The molecule has 1 amide bonds. The minimum atomic E-state index is -0.432. The van der Waals surface area contributed by atoms with E-state index in [1.807, 2.05) is 20.8 Å². The molecule has 1 aliphatic carbocycles. The predicted molar refractivity (Wildman–Crippen MR) is 93.6 cm³/mol. The van der Waals surface area contributed by atoms with Gasteiger partial charge in [0.1, 0.15) is 5.60 Å². The van der Waals surface area contributed by atoms with E-state index in [0.29, 0.717) is 11.8 Å². The molecule has 0 unspecified atom stereocenters. The Balaban J connectivity index is 2.06. The number of nitrogens with one attached hydrogen (secondary N) is 2. The van der Waals surface area contributed by atoms with Gasteiger partial charge in [-0.1, -0.05) is 13.8 Å². The molecule has 0 heterocycles. The van der Waals surface area contributed by atoms with Crippen molar-refractivity contribution >= 4 is 6.09 Å². The van der Waals surface area contributed by atoms with Gasteiger partial charge in [-0.15, -0.1) is 0 Å². The number of carbonyl (C=O) groups is 1. The van der Waals surface area contributed by atoms with E-state index in [2.05, 4.69) is 24.5 Å². The van der Waals surface area contributed by atoms with Gasteiger partial charge in [0.25, 0.3) is 0 Å². The van der Waals surface area contributed by atoms with E-state index in [4.69, 9.17) is 9.47 Å². The molecule has 0 aromatic heterocycles. The summed E-state index contributed by atoms with van der Waals surface area (Å²) in [5.41, 5.74) is -0.432. The van der Waals surface area contributed by atoms with Crippen molar-refractivity contribution in [3.63, 3.8) is 0 Å². The molecule has 0 aromatic rings. The minimum absolute atomic E-state index is 0.244. The Hall–Kier alpha value is -0.810. The first-order valence-electron chi connectivity index (χ1n) is 9.04. The summed E-state index contributed by atoms with van der Waals surface area (Å²) in [6, 6.07) is 0.244. The molecule has 23 heavy (non-hydrogen) atoms. The van der Waals surface area contributed by atoms with Crippen LogP contribution in [0.25, 0.3) is 0 Å². The van der Waals surface area contributed by atoms with Gasteiger partial charge in [0.2, 0.25) is 0 Å². The lowest BCUT2D eigenvalue weighted by Crippen LogP contribution is -2.41. The van der Waals surface area contributed by atoms with Crippen LogP contribution in [-0.2, 0) is 9.47 Å². The second-order valence-electron chi connectivity index (χ2n) is 8.04. The lowest BCUT2D eigenvalue weighted by molar-refractivity contribution is 0.0464. The highest BCUT2D eigenvalue weighted by molar-refractivity contribution is 5.68. The Labute approximate surface area is 141 Å². The van der Waals surface area contributed by atoms with Crippen LogP contribution in [0.4, 0.5) is 4.79 Å². The van der Waals surface area contributed by atoms with Crippen LogP contribution in [0.5, 0.6) is 0 Å². The van der Waals surface area contributed by atoms with Crippen molar-refractivity contribution in [3.8, 4) is 0 Å². The standard InChI is InChI=1S/C18H36N2O3/c1-14(2)12-19-10-11-22-13-15-6-8-16(9-7-15)20-17(21)23-18(3,4)5/h14-16,19H,6-13H2,1-5H3,(H,20,21). The van der Waals surface area contributed by atoms with Gasteiger partial charge in [-0.2, -0.15) is 0 Å². The van der Waals surface area contributed by atoms with Gasteiger partial charge in [-0.25, -0.2) is 4.79 Å². The third-order valence-corrected chi connectivity index (χ3v) is 3.90. The maximum atomic E-state index is 11.8.